The van der Waals surface area contributed by atoms with Crippen molar-refractivity contribution in [1.82, 2.24) is 15.1 Å². The van der Waals surface area contributed by atoms with Crippen molar-refractivity contribution in [2.45, 2.75) is 39.2 Å². The molecule has 0 bridgehead atoms. The quantitative estimate of drug-likeness (QED) is 0.777. The van der Waals surface area contributed by atoms with Gasteiger partial charge in [0.25, 0.3) is 0 Å². The van der Waals surface area contributed by atoms with E-state index in [1.807, 2.05) is 13.8 Å². The van der Waals surface area contributed by atoms with E-state index in [4.69, 9.17) is 0 Å². The summed E-state index contributed by atoms with van der Waals surface area (Å²) in [5.74, 6) is 0.782. The number of anilines is 1. The van der Waals surface area contributed by atoms with Crippen LogP contribution in [0.5, 0.6) is 0 Å². The zero-order chi connectivity index (χ0) is 14.1. The smallest absolute Gasteiger partial charge is 0.169 e. The van der Waals surface area contributed by atoms with E-state index in [2.05, 4.69) is 26.1 Å². The third-order valence-corrected chi connectivity index (χ3v) is 4.65. The van der Waals surface area contributed by atoms with E-state index in [0.717, 1.165) is 36.6 Å². The minimum Gasteiger partial charge on any atom is -0.352 e. The highest BCUT2D eigenvalue weighted by Crippen LogP contribution is 2.27. The Bertz CT molecular complexity index is 548. The van der Waals surface area contributed by atoms with Crippen LogP contribution >= 0.6 is 0 Å². The topological polar surface area (TPSA) is 56.1 Å². The zero-order valence-corrected chi connectivity index (χ0v) is 12.3. The molecule has 3 rings (SSSR count). The first-order valence-corrected chi connectivity index (χ1v) is 7.43. The summed E-state index contributed by atoms with van der Waals surface area (Å²) in [6.45, 7) is 8.22. The normalized spacial score (nSPS) is 23.2. The van der Waals surface area contributed by atoms with Crippen LogP contribution in [0.25, 0.3) is 0 Å². The van der Waals surface area contributed by atoms with Crippen molar-refractivity contribution < 1.29 is 0 Å². The second-order valence-corrected chi connectivity index (χ2v) is 5.85. The average molecular weight is 271 g/mol. The summed E-state index contributed by atoms with van der Waals surface area (Å²) >= 11 is 0. The number of nitrogens with zero attached hydrogens (tertiary/aromatic N) is 5. The Morgan fingerprint density at radius 2 is 1.95 bits per heavy atom. The second-order valence-electron chi connectivity index (χ2n) is 5.85. The fourth-order valence-electron chi connectivity index (χ4n) is 3.35. The fraction of sp³-hybridized carbons (Fsp3) is 0.667. The number of fused-ring (bicyclic) bond motifs is 1. The molecule has 0 saturated carbocycles. The number of hydrogen-bond donors (Lipinski definition) is 0. The van der Waals surface area contributed by atoms with Crippen molar-refractivity contribution >= 4 is 5.82 Å². The molecule has 2 saturated heterocycles. The van der Waals surface area contributed by atoms with Gasteiger partial charge in [0.15, 0.2) is 5.82 Å². The predicted molar refractivity (Wildman–Crippen MR) is 77.6 cm³/mol. The molecule has 0 aliphatic carbocycles. The molecule has 0 spiro atoms. The summed E-state index contributed by atoms with van der Waals surface area (Å²) in [6.07, 6.45) is 3.69. The van der Waals surface area contributed by atoms with E-state index in [9.17, 15) is 5.26 Å². The molecular formula is C15H21N5. The lowest BCUT2D eigenvalue weighted by Gasteiger charge is -2.27. The molecule has 1 aromatic rings. The van der Waals surface area contributed by atoms with Crippen molar-refractivity contribution in [3.63, 3.8) is 0 Å². The Morgan fingerprint density at radius 3 is 2.75 bits per heavy atom. The highest BCUT2D eigenvalue weighted by Gasteiger charge is 2.30. The van der Waals surface area contributed by atoms with Crippen LogP contribution in [0.2, 0.25) is 0 Å². The van der Waals surface area contributed by atoms with E-state index < -0.39 is 0 Å². The molecule has 2 aliphatic rings. The van der Waals surface area contributed by atoms with Crippen LogP contribution in [0.3, 0.4) is 0 Å². The van der Waals surface area contributed by atoms with Gasteiger partial charge in [0, 0.05) is 25.7 Å². The van der Waals surface area contributed by atoms with Gasteiger partial charge in [-0.1, -0.05) is 0 Å². The van der Waals surface area contributed by atoms with Gasteiger partial charge in [0.05, 0.1) is 5.69 Å². The highest BCUT2D eigenvalue weighted by atomic mass is 15.3. The van der Waals surface area contributed by atoms with Crippen molar-refractivity contribution in [1.29, 1.82) is 5.26 Å². The molecule has 0 aromatic carbocycles. The van der Waals surface area contributed by atoms with Gasteiger partial charge in [-0.2, -0.15) is 10.4 Å². The van der Waals surface area contributed by atoms with Crippen LogP contribution in [0.1, 0.15) is 36.1 Å². The Labute approximate surface area is 120 Å². The Morgan fingerprint density at radius 1 is 1.15 bits per heavy atom. The molecule has 2 aliphatic heterocycles. The van der Waals surface area contributed by atoms with Crippen LogP contribution in [0.4, 0.5) is 5.82 Å². The van der Waals surface area contributed by atoms with Gasteiger partial charge in [0.1, 0.15) is 11.6 Å². The lowest BCUT2D eigenvalue weighted by molar-refractivity contribution is 0.273. The van der Waals surface area contributed by atoms with Gasteiger partial charge in [0.2, 0.25) is 0 Å². The molecule has 20 heavy (non-hydrogen) atoms. The van der Waals surface area contributed by atoms with Crippen LogP contribution in [0.15, 0.2) is 0 Å². The van der Waals surface area contributed by atoms with Gasteiger partial charge in [-0.25, -0.2) is 0 Å². The molecule has 1 aromatic heterocycles. The predicted octanol–water partition coefficient (Wildman–Crippen LogP) is 1.64. The standard InChI is InChI=1S/C15H21N5/c1-11-12(2)17-18-15(14(11)9-16)20-8-4-7-19-6-3-5-13(19)10-20/h13H,3-8,10H2,1-2H3. The molecule has 106 valence electrons. The van der Waals surface area contributed by atoms with Crippen molar-refractivity contribution in [2.24, 2.45) is 0 Å². The van der Waals surface area contributed by atoms with Gasteiger partial charge in [-0.3, -0.25) is 4.90 Å². The number of aromatic nitrogens is 2. The van der Waals surface area contributed by atoms with E-state index in [1.54, 1.807) is 0 Å². The second kappa shape index (κ2) is 5.37. The summed E-state index contributed by atoms with van der Waals surface area (Å²) in [6, 6.07) is 2.94. The van der Waals surface area contributed by atoms with Gasteiger partial charge >= 0.3 is 0 Å². The summed E-state index contributed by atoms with van der Waals surface area (Å²) < 4.78 is 0. The largest absolute Gasteiger partial charge is 0.352 e. The number of aryl methyl sites for hydroxylation is 1. The molecule has 0 N–H and O–H groups in total. The summed E-state index contributed by atoms with van der Waals surface area (Å²) in [5.41, 5.74) is 2.51. The lowest BCUT2D eigenvalue weighted by Crippen LogP contribution is -2.37. The summed E-state index contributed by atoms with van der Waals surface area (Å²) in [4.78, 5) is 4.86. The zero-order valence-electron chi connectivity index (χ0n) is 12.3. The molecule has 2 fully saturated rings. The maximum Gasteiger partial charge on any atom is 0.169 e. The summed E-state index contributed by atoms with van der Waals surface area (Å²) in [5, 5.41) is 18.0. The first-order valence-electron chi connectivity index (χ1n) is 7.43. The van der Waals surface area contributed by atoms with Crippen LogP contribution in [0, 0.1) is 25.2 Å². The van der Waals surface area contributed by atoms with Crippen molar-refractivity contribution in [2.75, 3.05) is 31.1 Å². The third kappa shape index (κ3) is 2.25. The Balaban J connectivity index is 1.92. The molecule has 0 amide bonds. The van der Waals surface area contributed by atoms with Crippen LogP contribution in [-0.4, -0.2) is 47.3 Å². The molecule has 3 heterocycles. The molecular weight excluding hydrogens is 250 g/mol. The van der Waals surface area contributed by atoms with E-state index in [-0.39, 0.29) is 0 Å². The minimum atomic E-state index is 0.618. The van der Waals surface area contributed by atoms with Crippen LogP contribution in [-0.2, 0) is 0 Å². The van der Waals surface area contributed by atoms with Gasteiger partial charge < -0.3 is 4.90 Å². The number of hydrogen-bond acceptors (Lipinski definition) is 5. The molecule has 0 radical (unpaired) electrons. The van der Waals surface area contributed by atoms with Gasteiger partial charge in [-0.05, 0) is 45.2 Å². The van der Waals surface area contributed by atoms with E-state index in [1.165, 1.54) is 25.9 Å². The monoisotopic (exact) mass is 271 g/mol. The molecule has 1 unspecified atom stereocenters. The maximum absolute atomic E-state index is 9.46. The fourth-order valence-corrected chi connectivity index (χ4v) is 3.35. The summed E-state index contributed by atoms with van der Waals surface area (Å²) in [7, 11) is 0. The third-order valence-electron chi connectivity index (χ3n) is 4.65. The number of nitriles is 1. The minimum absolute atomic E-state index is 0.618. The van der Waals surface area contributed by atoms with E-state index >= 15 is 0 Å². The number of rotatable bonds is 1. The lowest BCUT2D eigenvalue weighted by atomic mass is 10.1. The van der Waals surface area contributed by atoms with Crippen LogP contribution < -0.4 is 4.90 Å². The maximum atomic E-state index is 9.46. The molecule has 5 nitrogen and oxygen atoms in total. The average Bonchev–Trinajstić information content (AvgIpc) is 2.79. The molecule has 1 atom stereocenters. The first-order chi connectivity index (χ1) is 9.70. The Kier molecular flexibility index (Phi) is 3.58. The van der Waals surface area contributed by atoms with Crippen molar-refractivity contribution in [3.05, 3.63) is 16.8 Å². The van der Waals surface area contributed by atoms with Gasteiger partial charge in [-0.15, -0.1) is 5.10 Å². The molecule has 5 heteroatoms. The highest BCUT2D eigenvalue weighted by molar-refractivity contribution is 5.57. The van der Waals surface area contributed by atoms with Crippen molar-refractivity contribution in [3.8, 4) is 6.07 Å². The Hall–Kier alpha value is -1.67. The van der Waals surface area contributed by atoms with E-state index in [0.29, 0.717) is 11.6 Å². The SMILES string of the molecule is Cc1nnc(N2CCCN3CCCC3C2)c(C#N)c1C. The first kappa shape index (κ1) is 13.3.